The van der Waals surface area contributed by atoms with E-state index in [9.17, 15) is 10.4 Å². The molecule has 0 spiro atoms. The summed E-state index contributed by atoms with van der Waals surface area (Å²) >= 11 is 0. The molecule has 2 saturated heterocycles. The highest BCUT2D eigenvalue weighted by Crippen LogP contribution is 2.66. The van der Waals surface area contributed by atoms with Gasteiger partial charge in [0.25, 0.3) is 0 Å². The summed E-state index contributed by atoms with van der Waals surface area (Å²) in [5, 5.41) is 24.1. The first-order valence-electron chi connectivity index (χ1n) is 12.0. The van der Waals surface area contributed by atoms with Gasteiger partial charge < -0.3 is 10.4 Å². The molecule has 0 aromatic heterocycles. The Morgan fingerprint density at radius 2 is 0.419 bits per heavy atom. The average molecular weight is 441 g/mol. The maximum Gasteiger partial charge on any atom is 0.0467 e. The minimum atomic E-state index is -0.254. The Kier molecular flexibility index (Phi) is 6.46. The highest BCUT2D eigenvalue weighted by atomic mass is 16.5. The third kappa shape index (κ3) is 3.07. The molecule has 0 aromatic rings. The van der Waals surface area contributed by atoms with E-state index < -0.39 is 0 Å². The van der Waals surface area contributed by atoms with Gasteiger partial charge in [0.05, 0.1) is 0 Å². The van der Waals surface area contributed by atoms with Crippen LogP contribution in [0.25, 0.3) is 0 Å². The molecule has 186 valence electrons. The minimum absolute atomic E-state index is 0.00771. The monoisotopic (exact) mass is 440 g/mol. The summed E-state index contributed by atoms with van der Waals surface area (Å²) in [6.07, 6.45) is 0. The van der Waals surface area contributed by atoms with E-state index in [1.54, 1.807) is 10.1 Å². The molecule has 0 amide bonds. The van der Waals surface area contributed by atoms with Gasteiger partial charge >= 0.3 is 0 Å². The molecule has 31 heavy (non-hydrogen) atoms. The number of nitrogens with zero attached hydrogens (tertiary/aromatic N) is 2. The molecular weight excluding hydrogens is 384 g/mol. The second kappa shape index (κ2) is 6.93. The van der Waals surface area contributed by atoms with Crippen molar-refractivity contribution in [3.63, 3.8) is 0 Å². The minimum Gasteiger partial charge on any atom is -0.313 e. The van der Waals surface area contributed by atoms with Gasteiger partial charge in [-0.1, -0.05) is 69.2 Å². The second-order valence-electron chi connectivity index (χ2n) is 15.0. The van der Waals surface area contributed by atoms with Crippen LogP contribution < -0.4 is 0 Å². The smallest absolute Gasteiger partial charge is 0.0467 e. The molecule has 4 heteroatoms. The topological polar surface area (TPSA) is 46.9 Å². The van der Waals surface area contributed by atoms with Crippen LogP contribution in [0, 0.1) is 27.1 Å². The van der Waals surface area contributed by atoms with Crippen LogP contribution in [0.1, 0.15) is 125 Å². The highest BCUT2D eigenvalue weighted by Gasteiger charge is 2.69. The fourth-order valence-corrected chi connectivity index (χ4v) is 6.30. The summed E-state index contributed by atoms with van der Waals surface area (Å²) < 4.78 is 0. The lowest BCUT2D eigenvalue weighted by Gasteiger charge is -2.72. The SMILES string of the molecule is CC1(C)N(O)C(C)(C)C(C)(C)C(C)(C)C1(C)C.CC1(C)N(O)C(C)(C)C(C)(C)C1(C)C. The second-order valence-corrected chi connectivity index (χ2v) is 15.0. The van der Waals surface area contributed by atoms with Crippen LogP contribution in [-0.4, -0.2) is 42.7 Å². The van der Waals surface area contributed by atoms with Crippen LogP contribution in [0.3, 0.4) is 0 Å². The maximum absolute atomic E-state index is 10.7. The van der Waals surface area contributed by atoms with E-state index in [-0.39, 0.29) is 49.2 Å². The molecule has 0 saturated carbocycles. The van der Waals surface area contributed by atoms with E-state index in [1.807, 2.05) is 0 Å². The summed E-state index contributed by atoms with van der Waals surface area (Å²) in [5.41, 5.74) is -0.630. The Morgan fingerprint density at radius 1 is 0.290 bits per heavy atom. The molecule has 2 rings (SSSR count). The van der Waals surface area contributed by atoms with Gasteiger partial charge in [0, 0.05) is 22.2 Å². The molecule has 0 unspecified atom stereocenters. The first-order valence-corrected chi connectivity index (χ1v) is 12.0. The maximum atomic E-state index is 10.7. The standard InChI is InChI=1S/C15H31NO.C12H25NO/c1-11(2)12(3,4)14(7,8)16(17)15(9,10)13(11,5)6;1-9(2)10(3,4)12(7,8)13(14)11(9,5)6/h17H,1-10H3;14H,1-8H3. The lowest BCUT2D eigenvalue weighted by molar-refractivity contribution is -0.350. The van der Waals surface area contributed by atoms with Crippen LogP contribution in [0.5, 0.6) is 0 Å². The summed E-state index contributed by atoms with van der Waals surface area (Å²) in [7, 11) is 0. The van der Waals surface area contributed by atoms with Gasteiger partial charge in [-0.2, -0.15) is 10.1 Å². The lowest BCUT2D eigenvalue weighted by atomic mass is 9.42. The number of rotatable bonds is 0. The van der Waals surface area contributed by atoms with Gasteiger partial charge in [-0.25, -0.2) is 0 Å². The van der Waals surface area contributed by atoms with E-state index in [0.717, 1.165) is 0 Å². The summed E-state index contributed by atoms with van der Waals surface area (Å²) in [4.78, 5) is 0. The quantitative estimate of drug-likeness (QED) is 0.406. The molecule has 4 nitrogen and oxygen atoms in total. The average Bonchev–Trinajstić information content (AvgIpc) is 2.63. The third-order valence-electron chi connectivity index (χ3n) is 12.9. The van der Waals surface area contributed by atoms with Crippen molar-refractivity contribution < 1.29 is 10.4 Å². The number of piperidine rings is 1. The Bertz CT molecular complexity index is 638. The molecule has 2 N–H and O–H groups in total. The van der Waals surface area contributed by atoms with Crippen molar-refractivity contribution in [2.24, 2.45) is 27.1 Å². The number of hydrogen-bond donors (Lipinski definition) is 2. The fourth-order valence-electron chi connectivity index (χ4n) is 6.30. The van der Waals surface area contributed by atoms with Gasteiger partial charge in [0.15, 0.2) is 0 Å². The first kappa shape index (κ1) is 28.9. The molecule has 2 aliphatic rings. The largest absolute Gasteiger partial charge is 0.313 e. The Balaban J connectivity index is 0.000000316. The van der Waals surface area contributed by atoms with Crippen molar-refractivity contribution >= 4 is 0 Å². The van der Waals surface area contributed by atoms with Crippen LogP contribution >= 0.6 is 0 Å². The Labute approximate surface area is 194 Å². The predicted octanol–water partition coefficient (Wildman–Crippen LogP) is 7.63. The predicted molar refractivity (Wildman–Crippen MR) is 132 cm³/mol. The first-order chi connectivity index (χ1) is 13.1. The molecule has 0 atom stereocenters. The summed E-state index contributed by atoms with van der Waals surface area (Å²) in [6.45, 7) is 39.8. The third-order valence-corrected chi connectivity index (χ3v) is 12.9. The Hall–Kier alpha value is -0.160. The molecule has 0 aromatic carbocycles. The van der Waals surface area contributed by atoms with Crippen molar-refractivity contribution in [2.75, 3.05) is 0 Å². The van der Waals surface area contributed by atoms with Gasteiger partial charge in [-0.05, 0) is 82.5 Å². The fraction of sp³-hybridized carbons (Fsp3) is 1.00. The van der Waals surface area contributed by atoms with Crippen LogP contribution in [0.15, 0.2) is 0 Å². The molecule has 2 heterocycles. The van der Waals surface area contributed by atoms with Crippen molar-refractivity contribution in [3.8, 4) is 0 Å². The summed E-state index contributed by atoms with van der Waals surface area (Å²) in [6, 6.07) is 0. The molecule has 0 radical (unpaired) electrons. The van der Waals surface area contributed by atoms with E-state index in [1.165, 1.54) is 0 Å². The molecule has 0 bridgehead atoms. The van der Waals surface area contributed by atoms with Gasteiger partial charge in [0.1, 0.15) is 0 Å². The molecule has 0 aliphatic carbocycles. The number of hydrogen-bond acceptors (Lipinski definition) is 4. The van der Waals surface area contributed by atoms with Crippen molar-refractivity contribution in [1.29, 1.82) is 0 Å². The van der Waals surface area contributed by atoms with Crippen LogP contribution in [0.4, 0.5) is 0 Å². The molecule has 2 fully saturated rings. The zero-order chi connectivity index (χ0) is 25.7. The van der Waals surface area contributed by atoms with Crippen molar-refractivity contribution in [2.45, 2.75) is 147 Å². The van der Waals surface area contributed by atoms with Gasteiger partial charge in [-0.15, -0.1) is 0 Å². The van der Waals surface area contributed by atoms with Gasteiger partial charge in [0.2, 0.25) is 0 Å². The van der Waals surface area contributed by atoms with Crippen molar-refractivity contribution in [3.05, 3.63) is 0 Å². The van der Waals surface area contributed by atoms with E-state index in [4.69, 9.17) is 0 Å². The summed E-state index contributed by atoms with van der Waals surface area (Å²) in [5.74, 6) is 0. The normalized spacial score (nSPS) is 33.3. The van der Waals surface area contributed by atoms with E-state index >= 15 is 0 Å². The van der Waals surface area contributed by atoms with E-state index in [0.29, 0.717) is 0 Å². The molecular formula is C27H56N2O2. The zero-order valence-electron chi connectivity index (χ0n) is 24.3. The lowest BCUT2D eigenvalue weighted by Crippen LogP contribution is -2.76. The zero-order valence-corrected chi connectivity index (χ0v) is 24.3. The number of hydroxylamine groups is 4. The van der Waals surface area contributed by atoms with E-state index in [2.05, 4.69) is 125 Å². The van der Waals surface area contributed by atoms with Gasteiger partial charge in [-0.3, -0.25) is 0 Å². The highest BCUT2D eigenvalue weighted by molar-refractivity contribution is 5.18. The van der Waals surface area contributed by atoms with Crippen LogP contribution in [0.2, 0.25) is 0 Å². The van der Waals surface area contributed by atoms with Crippen LogP contribution in [-0.2, 0) is 0 Å². The Morgan fingerprint density at radius 3 is 0.548 bits per heavy atom. The van der Waals surface area contributed by atoms with Crippen molar-refractivity contribution in [1.82, 2.24) is 10.1 Å². The molecule has 2 aliphatic heterocycles.